The maximum atomic E-state index is 12.3. The van der Waals surface area contributed by atoms with E-state index in [-0.39, 0.29) is 11.8 Å². The van der Waals surface area contributed by atoms with E-state index in [0.29, 0.717) is 31.0 Å². The molecule has 1 aromatic carbocycles. The van der Waals surface area contributed by atoms with Gasteiger partial charge in [-0.25, -0.2) is 0 Å². The van der Waals surface area contributed by atoms with Gasteiger partial charge in [0, 0.05) is 54.6 Å². The van der Waals surface area contributed by atoms with Crippen LogP contribution in [0.1, 0.15) is 58.2 Å². The minimum atomic E-state index is -0.00101. The first kappa shape index (κ1) is 22.0. The highest BCUT2D eigenvalue weighted by Gasteiger charge is 2.11. The van der Waals surface area contributed by atoms with Crippen LogP contribution in [0, 0.1) is 0 Å². The van der Waals surface area contributed by atoms with Gasteiger partial charge >= 0.3 is 0 Å². The molecule has 0 unspecified atom stereocenters. The van der Waals surface area contributed by atoms with Crippen LogP contribution in [0.25, 0.3) is 10.9 Å². The molecule has 0 aliphatic heterocycles. The van der Waals surface area contributed by atoms with Gasteiger partial charge in [0.25, 0.3) is 0 Å². The number of benzene rings is 1. The molecule has 0 aliphatic rings. The van der Waals surface area contributed by atoms with Gasteiger partial charge in [-0.2, -0.15) is 4.98 Å². The summed E-state index contributed by atoms with van der Waals surface area (Å²) in [6.07, 6.45) is 3.83. The minimum absolute atomic E-state index is 0.00101. The van der Waals surface area contributed by atoms with Crippen LogP contribution in [-0.4, -0.2) is 45.1 Å². The number of aromatic nitrogens is 3. The molecule has 3 aromatic rings. The van der Waals surface area contributed by atoms with Crippen molar-refractivity contribution < 1.29 is 9.32 Å². The Morgan fingerprint density at radius 2 is 2.03 bits per heavy atom. The van der Waals surface area contributed by atoms with E-state index in [0.717, 1.165) is 37.3 Å². The Balaban J connectivity index is 1.50. The number of amides is 1. The standard InChI is InChI=1S/C23H33N5O2/c1-5-27(6-2)14-15-28-13-12-18-16-19(10-11-20(18)28)24-21(29)8-7-9-22-25-23(17(3)4)26-30-22/h10-13,16-17H,5-9,14-15H2,1-4H3,(H,24,29). The fourth-order valence-corrected chi connectivity index (χ4v) is 3.49. The fraction of sp³-hybridized carbons (Fsp3) is 0.522. The van der Waals surface area contributed by atoms with Crippen LogP contribution in [-0.2, 0) is 17.8 Å². The molecule has 2 aromatic heterocycles. The minimum Gasteiger partial charge on any atom is -0.346 e. The number of hydrogen-bond donors (Lipinski definition) is 1. The number of anilines is 1. The second kappa shape index (κ2) is 10.4. The summed E-state index contributed by atoms with van der Waals surface area (Å²) in [6, 6.07) is 8.20. The first-order chi connectivity index (χ1) is 14.5. The number of likely N-dealkylation sites (N-methyl/N-ethyl adjacent to an activating group) is 1. The molecular formula is C23H33N5O2. The number of aryl methyl sites for hydroxylation is 1. The molecule has 0 aliphatic carbocycles. The van der Waals surface area contributed by atoms with E-state index < -0.39 is 0 Å². The SMILES string of the molecule is CCN(CC)CCn1ccc2cc(NC(=O)CCCc3nc(C(C)C)no3)ccc21. The van der Waals surface area contributed by atoms with Gasteiger partial charge in [0.05, 0.1) is 0 Å². The van der Waals surface area contributed by atoms with Crippen LogP contribution >= 0.6 is 0 Å². The fourth-order valence-electron chi connectivity index (χ4n) is 3.49. The average Bonchev–Trinajstić information content (AvgIpc) is 3.36. The highest BCUT2D eigenvalue weighted by molar-refractivity contribution is 5.93. The van der Waals surface area contributed by atoms with Crippen molar-refractivity contribution >= 4 is 22.5 Å². The first-order valence-corrected chi connectivity index (χ1v) is 10.9. The van der Waals surface area contributed by atoms with Gasteiger partial charge < -0.3 is 19.3 Å². The number of nitrogens with one attached hydrogen (secondary N) is 1. The lowest BCUT2D eigenvalue weighted by atomic mass is 10.2. The zero-order chi connectivity index (χ0) is 21.5. The molecular weight excluding hydrogens is 378 g/mol. The monoisotopic (exact) mass is 411 g/mol. The molecule has 0 atom stereocenters. The quantitative estimate of drug-likeness (QED) is 0.504. The maximum absolute atomic E-state index is 12.3. The molecule has 2 heterocycles. The van der Waals surface area contributed by atoms with Gasteiger partial charge in [0.15, 0.2) is 5.82 Å². The van der Waals surface area contributed by atoms with Crippen LogP contribution in [0.3, 0.4) is 0 Å². The Morgan fingerprint density at radius 3 is 2.73 bits per heavy atom. The molecule has 0 saturated carbocycles. The van der Waals surface area contributed by atoms with Crippen LogP contribution in [0.15, 0.2) is 35.0 Å². The van der Waals surface area contributed by atoms with Crippen LogP contribution in [0.2, 0.25) is 0 Å². The highest BCUT2D eigenvalue weighted by Crippen LogP contribution is 2.21. The third-order valence-electron chi connectivity index (χ3n) is 5.40. The van der Waals surface area contributed by atoms with Gasteiger partial charge in [-0.05, 0) is 43.8 Å². The van der Waals surface area contributed by atoms with Crippen molar-refractivity contribution in [2.24, 2.45) is 0 Å². The Hall–Kier alpha value is -2.67. The van der Waals surface area contributed by atoms with Gasteiger partial charge in [0.1, 0.15) is 0 Å². The maximum Gasteiger partial charge on any atom is 0.226 e. The summed E-state index contributed by atoms with van der Waals surface area (Å²) in [5.41, 5.74) is 2.02. The van der Waals surface area contributed by atoms with Gasteiger partial charge in [-0.3, -0.25) is 4.79 Å². The van der Waals surface area contributed by atoms with Crippen LogP contribution in [0.4, 0.5) is 5.69 Å². The summed E-state index contributed by atoms with van der Waals surface area (Å²) in [5.74, 6) is 1.55. The predicted molar refractivity (Wildman–Crippen MR) is 120 cm³/mol. The van der Waals surface area contributed by atoms with E-state index in [2.05, 4.69) is 57.1 Å². The second-order valence-corrected chi connectivity index (χ2v) is 7.91. The van der Waals surface area contributed by atoms with E-state index in [1.807, 2.05) is 26.0 Å². The number of carbonyl (C=O) groups excluding carboxylic acids is 1. The smallest absolute Gasteiger partial charge is 0.226 e. The molecule has 0 radical (unpaired) electrons. The highest BCUT2D eigenvalue weighted by atomic mass is 16.5. The Kier molecular flexibility index (Phi) is 7.63. The van der Waals surface area contributed by atoms with E-state index >= 15 is 0 Å². The molecule has 1 amide bonds. The predicted octanol–water partition coefficient (Wildman–Crippen LogP) is 4.45. The Labute approximate surface area is 178 Å². The number of nitrogens with zero attached hydrogens (tertiary/aromatic N) is 4. The number of rotatable bonds is 11. The molecule has 162 valence electrons. The summed E-state index contributed by atoms with van der Waals surface area (Å²) in [6.45, 7) is 12.6. The van der Waals surface area contributed by atoms with Crippen molar-refractivity contribution in [2.75, 3.05) is 25.0 Å². The largest absolute Gasteiger partial charge is 0.346 e. The molecule has 0 bridgehead atoms. The molecule has 7 nitrogen and oxygen atoms in total. The molecule has 3 rings (SSSR count). The third kappa shape index (κ3) is 5.69. The van der Waals surface area contributed by atoms with Crippen molar-refractivity contribution in [1.29, 1.82) is 0 Å². The van der Waals surface area contributed by atoms with Crippen molar-refractivity contribution in [3.05, 3.63) is 42.2 Å². The summed E-state index contributed by atoms with van der Waals surface area (Å²) in [4.78, 5) is 19.1. The Bertz CT molecular complexity index is 956. The summed E-state index contributed by atoms with van der Waals surface area (Å²) >= 11 is 0. The average molecular weight is 412 g/mol. The third-order valence-corrected chi connectivity index (χ3v) is 5.40. The molecule has 0 fully saturated rings. The zero-order valence-electron chi connectivity index (χ0n) is 18.5. The number of fused-ring (bicyclic) bond motifs is 1. The van der Waals surface area contributed by atoms with E-state index in [1.54, 1.807) is 0 Å². The van der Waals surface area contributed by atoms with Crippen molar-refractivity contribution in [2.45, 2.75) is 59.4 Å². The Morgan fingerprint density at radius 1 is 1.23 bits per heavy atom. The van der Waals surface area contributed by atoms with Crippen molar-refractivity contribution in [3.8, 4) is 0 Å². The van der Waals surface area contributed by atoms with Crippen LogP contribution in [0.5, 0.6) is 0 Å². The second-order valence-electron chi connectivity index (χ2n) is 7.91. The van der Waals surface area contributed by atoms with Gasteiger partial charge in [-0.1, -0.05) is 32.9 Å². The lowest BCUT2D eigenvalue weighted by Crippen LogP contribution is -2.26. The van der Waals surface area contributed by atoms with Crippen molar-refractivity contribution in [3.63, 3.8) is 0 Å². The number of hydrogen-bond acceptors (Lipinski definition) is 5. The summed E-state index contributed by atoms with van der Waals surface area (Å²) < 4.78 is 7.50. The normalized spacial score (nSPS) is 11.7. The molecule has 1 N–H and O–H groups in total. The summed E-state index contributed by atoms with van der Waals surface area (Å²) in [7, 11) is 0. The van der Waals surface area contributed by atoms with E-state index in [1.165, 1.54) is 5.52 Å². The molecule has 0 spiro atoms. The number of carbonyl (C=O) groups is 1. The van der Waals surface area contributed by atoms with Crippen LogP contribution < -0.4 is 5.32 Å². The molecule has 0 saturated heterocycles. The zero-order valence-corrected chi connectivity index (χ0v) is 18.5. The summed E-state index contributed by atoms with van der Waals surface area (Å²) in [5, 5.41) is 8.09. The van der Waals surface area contributed by atoms with Crippen molar-refractivity contribution in [1.82, 2.24) is 19.6 Å². The molecule has 7 heteroatoms. The topological polar surface area (TPSA) is 76.2 Å². The van der Waals surface area contributed by atoms with Gasteiger partial charge in [0.2, 0.25) is 11.8 Å². The van der Waals surface area contributed by atoms with E-state index in [9.17, 15) is 4.79 Å². The lowest BCUT2D eigenvalue weighted by Gasteiger charge is -2.18. The molecule has 30 heavy (non-hydrogen) atoms. The van der Waals surface area contributed by atoms with Gasteiger partial charge in [-0.15, -0.1) is 0 Å². The first-order valence-electron chi connectivity index (χ1n) is 10.9. The lowest BCUT2D eigenvalue weighted by molar-refractivity contribution is -0.116. The van der Waals surface area contributed by atoms with E-state index in [4.69, 9.17) is 4.52 Å².